The summed E-state index contributed by atoms with van der Waals surface area (Å²) in [7, 11) is 0. The summed E-state index contributed by atoms with van der Waals surface area (Å²) in [6.45, 7) is 4.06. The molecule has 0 atom stereocenters. The second kappa shape index (κ2) is 3.63. The summed E-state index contributed by atoms with van der Waals surface area (Å²) in [6, 6.07) is 5.77. The average molecular weight is 220 g/mol. The third kappa shape index (κ3) is 1.73. The van der Waals surface area contributed by atoms with Crippen molar-refractivity contribution in [2.75, 3.05) is 0 Å². The summed E-state index contributed by atoms with van der Waals surface area (Å²) in [4.78, 5) is 14.9. The summed E-state index contributed by atoms with van der Waals surface area (Å²) >= 11 is 5.90. The second-order valence-electron chi connectivity index (χ2n) is 3.60. The molecule has 1 aromatic heterocycles. The highest BCUT2D eigenvalue weighted by Crippen LogP contribution is 2.22. The number of pyridine rings is 1. The van der Waals surface area contributed by atoms with Gasteiger partial charge in [0, 0.05) is 5.39 Å². The van der Waals surface area contributed by atoms with Gasteiger partial charge in [-0.05, 0) is 43.2 Å². The first-order chi connectivity index (χ1) is 7.11. The van der Waals surface area contributed by atoms with Crippen molar-refractivity contribution in [3.63, 3.8) is 0 Å². The van der Waals surface area contributed by atoms with Gasteiger partial charge in [0.25, 0.3) is 0 Å². The normalized spacial score (nSPS) is 10.6. The van der Waals surface area contributed by atoms with Crippen LogP contribution in [0.3, 0.4) is 0 Å². The predicted molar refractivity (Wildman–Crippen MR) is 61.6 cm³/mol. The van der Waals surface area contributed by atoms with Gasteiger partial charge in [0.15, 0.2) is 6.29 Å². The maximum Gasteiger partial charge on any atom is 0.169 e. The van der Waals surface area contributed by atoms with Gasteiger partial charge in [0.05, 0.1) is 10.5 Å². The number of aromatic nitrogens is 1. The van der Waals surface area contributed by atoms with Gasteiger partial charge in [-0.3, -0.25) is 4.79 Å². The van der Waals surface area contributed by atoms with Crippen LogP contribution in [-0.2, 0) is 0 Å². The van der Waals surface area contributed by atoms with Crippen molar-refractivity contribution >= 4 is 28.8 Å². The summed E-state index contributed by atoms with van der Waals surface area (Å²) in [5.41, 5.74) is 3.46. The van der Waals surface area contributed by atoms with E-state index in [1.54, 1.807) is 6.07 Å². The number of benzene rings is 1. The topological polar surface area (TPSA) is 30.0 Å². The first-order valence-corrected chi connectivity index (χ1v) is 5.02. The number of fused-ring (bicyclic) bond motifs is 1. The van der Waals surface area contributed by atoms with Gasteiger partial charge in [0.2, 0.25) is 0 Å². The molecule has 15 heavy (non-hydrogen) atoms. The Balaban J connectivity index is 2.82. The number of hydrogen-bond donors (Lipinski definition) is 0. The third-order valence-electron chi connectivity index (χ3n) is 2.52. The number of halogens is 1. The lowest BCUT2D eigenvalue weighted by atomic mass is 10.1. The Kier molecular flexibility index (Phi) is 2.45. The van der Waals surface area contributed by atoms with Crippen LogP contribution in [0, 0.1) is 13.8 Å². The third-order valence-corrected chi connectivity index (χ3v) is 2.83. The zero-order chi connectivity index (χ0) is 11.0. The number of hydrogen-bond acceptors (Lipinski definition) is 2. The summed E-state index contributed by atoms with van der Waals surface area (Å²) < 4.78 is 0. The van der Waals surface area contributed by atoms with E-state index in [1.165, 1.54) is 5.56 Å². The molecule has 0 saturated carbocycles. The average Bonchev–Trinajstić information content (AvgIpc) is 2.20. The fraction of sp³-hybridized carbons (Fsp3) is 0.167. The van der Waals surface area contributed by atoms with Crippen LogP contribution in [-0.4, -0.2) is 11.3 Å². The summed E-state index contributed by atoms with van der Waals surface area (Å²) in [6.07, 6.45) is 0.678. The molecule has 0 amide bonds. The highest BCUT2D eigenvalue weighted by atomic mass is 35.5. The van der Waals surface area contributed by atoms with Crippen LogP contribution in [0.5, 0.6) is 0 Å². The minimum Gasteiger partial charge on any atom is -0.296 e. The molecule has 3 heteroatoms. The van der Waals surface area contributed by atoms with E-state index in [9.17, 15) is 4.79 Å². The van der Waals surface area contributed by atoms with E-state index in [-0.39, 0.29) is 0 Å². The van der Waals surface area contributed by atoms with Gasteiger partial charge in [-0.15, -0.1) is 0 Å². The molecule has 2 aromatic rings. The first kappa shape index (κ1) is 10.1. The molecular formula is C12H10ClNO. The number of carbonyl (C=O) groups excluding carboxylic acids is 1. The minimum atomic E-state index is 0.299. The van der Waals surface area contributed by atoms with E-state index >= 15 is 0 Å². The zero-order valence-electron chi connectivity index (χ0n) is 8.54. The number of carbonyl (C=O) groups is 1. The van der Waals surface area contributed by atoms with Gasteiger partial charge in [-0.2, -0.15) is 0 Å². The molecular weight excluding hydrogens is 210 g/mol. The number of aldehydes is 1. The van der Waals surface area contributed by atoms with E-state index in [2.05, 4.69) is 4.98 Å². The van der Waals surface area contributed by atoms with Crippen molar-refractivity contribution in [3.8, 4) is 0 Å². The minimum absolute atomic E-state index is 0.299. The van der Waals surface area contributed by atoms with Gasteiger partial charge in [-0.1, -0.05) is 11.6 Å². The predicted octanol–water partition coefficient (Wildman–Crippen LogP) is 3.32. The zero-order valence-corrected chi connectivity index (χ0v) is 9.30. The number of nitrogens with zero attached hydrogens (tertiary/aromatic N) is 1. The highest BCUT2D eigenvalue weighted by Gasteiger charge is 2.05. The smallest absolute Gasteiger partial charge is 0.169 e. The maximum atomic E-state index is 10.7. The highest BCUT2D eigenvalue weighted by molar-refractivity contribution is 6.33. The Morgan fingerprint density at radius 2 is 1.87 bits per heavy atom. The molecule has 0 aliphatic carbocycles. The monoisotopic (exact) mass is 219 g/mol. The van der Waals surface area contributed by atoms with Crippen molar-refractivity contribution in [2.24, 2.45) is 0 Å². The molecule has 0 bridgehead atoms. The van der Waals surface area contributed by atoms with E-state index in [4.69, 9.17) is 11.6 Å². The lowest BCUT2D eigenvalue weighted by Gasteiger charge is -2.04. The van der Waals surface area contributed by atoms with E-state index in [0.29, 0.717) is 17.0 Å². The van der Waals surface area contributed by atoms with Crippen LogP contribution in [0.2, 0.25) is 5.02 Å². The molecule has 0 aliphatic heterocycles. The van der Waals surface area contributed by atoms with Crippen molar-refractivity contribution in [2.45, 2.75) is 13.8 Å². The van der Waals surface area contributed by atoms with Crippen LogP contribution in [0.25, 0.3) is 10.9 Å². The first-order valence-electron chi connectivity index (χ1n) is 4.64. The molecule has 0 radical (unpaired) electrons. The molecule has 1 heterocycles. The van der Waals surface area contributed by atoms with Crippen LogP contribution in [0.1, 0.15) is 21.6 Å². The maximum absolute atomic E-state index is 10.7. The van der Waals surface area contributed by atoms with Gasteiger partial charge >= 0.3 is 0 Å². The van der Waals surface area contributed by atoms with Gasteiger partial charge in [-0.25, -0.2) is 4.98 Å². The quantitative estimate of drug-likeness (QED) is 0.689. The molecule has 76 valence electrons. The van der Waals surface area contributed by atoms with E-state index < -0.39 is 0 Å². The molecule has 2 rings (SSSR count). The van der Waals surface area contributed by atoms with Crippen molar-refractivity contribution < 1.29 is 4.79 Å². The number of rotatable bonds is 1. The van der Waals surface area contributed by atoms with E-state index in [0.717, 1.165) is 16.5 Å². The lowest BCUT2D eigenvalue weighted by molar-refractivity contribution is 0.111. The molecule has 0 saturated heterocycles. The fourth-order valence-electron chi connectivity index (χ4n) is 1.51. The number of aryl methyl sites for hydroxylation is 2. The largest absolute Gasteiger partial charge is 0.296 e. The van der Waals surface area contributed by atoms with Crippen molar-refractivity contribution in [1.82, 2.24) is 4.98 Å². The van der Waals surface area contributed by atoms with Crippen LogP contribution >= 0.6 is 11.6 Å². The lowest BCUT2D eigenvalue weighted by Crippen LogP contribution is -1.91. The molecule has 0 N–H and O–H groups in total. The Morgan fingerprint density at radius 1 is 1.20 bits per heavy atom. The van der Waals surface area contributed by atoms with Crippen molar-refractivity contribution in [3.05, 3.63) is 40.0 Å². The summed E-state index contributed by atoms with van der Waals surface area (Å²) in [5, 5.41) is 1.37. The molecule has 0 spiro atoms. The Labute approximate surface area is 92.9 Å². The molecule has 0 unspecified atom stereocenters. The van der Waals surface area contributed by atoms with Gasteiger partial charge < -0.3 is 0 Å². The fourth-order valence-corrected chi connectivity index (χ4v) is 1.72. The standard InChI is InChI=1S/C12H10ClNO/c1-7-3-9-5-10(13)12(6-15)14-11(9)4-8(7)2/h3-6H,1-2H3. The molecule has 0 aliphatic rings. The van der Waals surface area contributed by atoms with Crippen molar-refractivity contribution in [1.29, 1.82) is 0 Å². The van der Waals surface area contributed by atoms with Crippen LogP contribution < -0.4 is 0 Å². The van der Waals surface area contributed by atoms with Crippen LogP contribution in [0.4, 0.5) is 0 Å². The Hall–Kier alpha value is -1.41. The van der Waals surface area contributed by atoms with E-state index in [1.807, 2.05) is 26.0 Å². The molecule has 2 nitrogen and oxygen atoms in total. The van der Waals surface area contributed by atoms with Gasteiger partial charge in [0.1, 0.15) is 5.69 Å². The van der Waals surface area contributed by atoms with Crippen LogP contribution in [0.15, 0.2) is 18.2 Å². The molecule has 1 aromatic carbocycles. The summed E-state index contributed by atoms with van der Waals surface area (Å²) in [5.74, 6) is 0. The Bertz CT molecular complexity index is 549. The molecule has 0 fully saturated rings. The SMILES string of the molecule is Cc1cc2cc(Cl)c(C=O)nc2cc1C. The Morgan fingerprint density at radius 3 is 2.53 bits per heavy atom. The second-order valence-corrected chi connectivity index (χ2v) is 4.01.